The molecule has 0 aliphatic carbocycles. The standard InChI is InChI=1S/C14H13Cl2FN2/c15-10-6-4-9(5-7-10)14(19-18)8-11-12(16)2-1-3-13(11)17/h1-7,14,19H,8,18H2. The third-order valence-corrected chi connectivity index (χ3v) is 3.55. The van der Waals surface area contributed by atoms with Crippen molar-refractivity contribution in [1.29, 1.82) is 0 Å². The molecule has 1 atom stereocenters. The molecule has 2 rings (SSSR count). The summed E-state index contributed by atoms with van der Waals surface area (Å²) in [5, 5.41) is 1.04. The highest BCUT2D eigenvalue weighted by Crippen LogP contribution is 2.26. The van der Waals surface area contributed by atoms with Crippen LogP contribution in [0.3, 0.4) is 0 Å². The van der Waals surface area contributed by atoms with Crippen LogP contribution in [0, 0.1) is 5.82 Å². The topological polar surface area (TPSA) is 38.0 Å². The Hall–Kier alpha value is -1.13. The second kappa shape index (κ2) is 6.35. The predicted octanol–water partition coefficient (Wildman–Crippen LogP) is 3.88. The number of nitrogens with two attached hydrogens (primary N) is 1. The fourth-order valence-electron chi connectivity index (χ4n) is 1.90. The second-order valence-corrected chi connectivity index (χ2v) is 5.02. The molecule has 5 heteroatoms. The molecule has 0 aromatic heterocycles. The van der Waals surface area contributed by atoms with E-state index in [2.05, 4.69) is 5.43 Å². The Morgan fingerprint density at radius 3 is 2.37 bits per heavy atom. The molecule has 1 unspecified atom stereocenters. The van der Waals surface area contributed by atoms with Gasteiger partial charge in [-0.1, -0.05) is 41.4 Å². The lowest BCUT2D eigenvalue weighted by Gasteiger charge is -2.17. The van der Waals surface area contributed by atoms with E-state index in [0.717, 1.165) is 5.56 Å². The molecule has 19 heavy (non-hydrogen) atoms. The smallest absolute Gasteiger partial charge is 0.127 e. The van der Waals surface area contributed by atoms with Gasteiger partial charge in [-0.15, -0.1) is 0 Å². The first-order valence-electron chi connectivity index (χ1n) is 5.76. The largest absolute Gasteiger partial charge is 0.271 e. The highest BCUT2D eigenvalue weighted by atomic mass is 35.5. The molecular formula is C14H13Cl2FN2. The SMILES string of the molecule is NNC(Cc1c(F)cccc1Cl)c1ccc(Cl)cc1. The molecule has 0 spiro atoms. The molecule has 2 nitrogen and oxygen atoms in total. The van der Waals surface area contributed by atoms with Crippen LogP contribution in [0.15, 0.2) is 42.5 Å². The summed E-state index contributed by atoms with van der Waals surface area (Å²) in [6, 6.07) is 11.6. The molecule has 0 saturated carbocycles. The Morgan fingerprint density at radius 1 is 1.11 bits per heavy atom. The van der Waals surface area contributed by atoms with E-state index in [1.54, 1.807) is 24.3 Å². The van der Waals surface area contributed by atoms with E-state index in [1.165, 1.54) is 6.07 Å². The Balaban J connectivity index is 2.26. The van der Waals surface area contributed by atoms with Crippen molar-refractivity contribution in [3.63, 3.8) is 0 Å². The molecule has 0 radical (unpaired) electrons. The van der Waals surface area contributed by atoms with Crippen LogP contribution in [-0.4, -0.2) is 0 Å². The van der Waals surface area contributed by atoms with E-state index in [4.69, 9.17) is 29.0 Å². The number of rotatable bonds is 4. The minimum absolute atomic E-state index is 0.230. The Kier molecular flexibility index (Phi) is 4.77. The fourth-order valence-corrected chi connectivity index (χ4v) is 2.27. The molecule has 2 aromatic rings. The van der Waals surface area contributed by atoms with Gasteiger partial charge in [-0.25, -0.2) is 4.39 Å². The van der Waals surface area contributed by atoms with E-state index < -0.39 is 0 Å². The quantitative estimate of drug-likeness (QED) is 0.664. The minimum Gasteiger partial charge on any atom is -0.271 e. The first kappa shape index (κ1) is 14.3. The maximum Gasteiger partial charge on any atom is 0.127 e. The molecular weight excluding hydrogens is 286 g/mol. The summed E-state index contributed by atoms with van der Waals surface area (Å²) >= 11 is 11.9. The van der Waals surface area contributed by atoms with Crippen molar-refractivity contribution in [3.8, 4) is 0 Å². The molecule has 100 valence electrons. The van der Waals surface area contributed by atoms with Crippen molar-refractivity contribution >= 4 is 23.2 Å². The maximum atomic E-state index is 13.8. The average Bonchev–Trinajstić information content (AvgIpc) is 2.40. The van der Waals surface area contributed by atoms with Gasteiger partial charge in [0.25, 0.3) is 0 Å². The van der Waals surface area contributed by atoms with Crippen LogP contribution in [0.2, 0.25) is 10.0 Å². The Bertz CT molecular complexity index is 538. The van der Waals surface area contributed by atoms with E-state index in [0.29, 0.717) is 22.0 Å². The summed E-state index contributed by atoms with van der Waals surface area (Å²) in [5.41, 5.74) is 4.04. The monoisotopic (exact) mass is 298 g/mol. The van der Waals surface area contributed by atoms with Crippen LogP contribution < -0.4 is 11.3 Å². The Morgan fingerprint density at radius 2 is 1.79 bits per heavy atom. The van der Waals surface area contributed by atoms with Crippen LogP contribution in [-0.2, 0) is 6.42 Å². The summed E-state index contributed by atoms with van der Waals surface area (Å²) < 4.78 is 13.8. The van der Waals surface area contributed by atoms with Crippen LogP contribution in [0.25, 0.3) is 0 Å². The molecule has 0 fully saturated rings. The van der Waals surface area contributed by atoms with Gasteiger partial charge in [0, 0.05) is 15.6 Å². The van der Waals surface area contributed by atoms with Crippen LogP contribution in [0.1, 0.15) is 17.2 Å². The van der Waals surface area contributed by atoms with Gasteiger partial charge in [0.05, 0.1) is 6.04 Å². The zero-order valence-corrected chi connectivity index (χ0v) is 11.5. The van der Waals surface area contributed by atoms with Gasteiger partial charge < -0.3 is 0 Å². The number of hydrogen-bond acceptors (Lipinski definition) is 2. The number of nitrogens with one attached hydrogen (secondary N) is 1. The highest BCUT2D eigenvalue weighted by molar-refractivity contribution is 6.31. The van der Waals surface area contributed by atoms with Gasteiger partial charge in [-0.05, 0) is 36.2 Å². The van der Waals surface area contributed by atoms with Crippen molar-refractivity contribution < 1.29 is 4.39 Å². The van der Waals surface area contributed by atoms with E-state index >= 15 is 0 Å². The van der Waals surface area contributed by atoms with Gasteiger partial charge >= 0.3 is 0 Å². The number of benzene rings is 2. The van der Waals surface area contributed by atoms with Crippen molar-refractivity contribution in [2.45, 2.75) is 12.5 Å². The van der Waals surface area contributed by atoms with Gasteiger partial charge in [0.2, 0.25) is 0 Å². The number of hydrazine groups is 1. The molecule has 0 amide bonds. The van der Waals surface area contributed by atoms with Gasteiger partial charge in [0.15, 0.2) is 0 Å². The summed E-state index contributed by atoms with van der Waals surface area (Å²) in [6.07, 6.45) is 0.365. The fraction of sp³-hybridized carbons (Fsp3) is 0.143. The van der Waals surface area contributed by atoms with E-state index in [-0.39, 0.29) is 11.9 Å². The van der Waals surface area contributed by atoms with Gasteiger partial charge in [-0.2, -0.15) is 0 Å². The molecule has 3 N–H and O–H groups in total. The van der Waals surface area contributed by atoms with Crippen LogP contribution in [0.4, 0.5) is 4.39 Å². The van der Waals surface area contributed by atoms with Gasteiger partial charge in [0.1, 0.15) is 5.82 Å². The van der Waals surface area contributed by atoms with Crippen LogP contribution in [0.5, 0.6) is 0 Å². The third kappa shape index (κ3) is 3.45. The molecule has 0 bridgehead atoms. The van der Waals surface area contributed by atoms with E-state index in [1.807, 2.05) is 12.1 Å². The lowest BCUT2D eigenvalue weighted by molar-refractivity contribution is 0.529. The summed E-state index contributed by atoms with van der Waals surface area (Å²) in [7, 11) is 0. The summed E-state index contributed by atoms with van der Waals surface area (Å²) in [6.45, 7) is 0. The van der Waals surface area contributed by atoms with E-state index in [9.17, 15) is 4.39 Å². The lowest BCUT2D eigenvalue weighted by atomic mass is 9.99. The van der Waals surface area contributed by atoms with Crippen molar-refractivity contribution in [2.24, 2.45) is 5.84 Å². The maximum absolute atomic E-state index is 13.8. The normalized spacial score (nSPS) is 12.4. The summed E-state index contributed by atoms with van der Waals surface area (Å²) in [4.78, 5) is 0. The average molecular weight is 299 g/mol. The molecule has 0 saturated heterocycles. The third-order valence-electron chi connectivity index (χ3n) is 2.94. The predicted molar refractivity (Wildman–Crippen MR) is 76.6 cm³/mol. The van der Waals surface area contributed by atoms with Crippen molar-refractivity contribution in [1.82, 2.24) is 5.43 Å². The van der Waals surface area contributed by atoms with Crippen molar-refractivity contribution in [3.05, 3.63) is 69.5 Å². The Labute approximate surface area is 121 Å². The lowest BCUT2D eigenvalue weighted by Crippen LogP contribution is -2.29. The molecule has 0 heterocycles. The van der Waals surface area contributed by atoms with Crippen LogP contribution >= 0.6 is 23.2 Å². The first-order chi connectivity index (χ1) is 9.11. The molecule has 0 aliphatic heterocycles. The van der Waals surface area contributed by atoms with Crippen molar-refractivity contribution in [2.75, 3.05) is 0 Å². The number of halogens is 3. The highest BCUT2D eigenvalue weighted by Gasteiger charge is 2.15. The number of hydrogen-bond donors (Lipinski definition) is 2. The van der Waals surface area contributed by atoms with Gasteiger partial charge in [-0.3, -0.25) is 11.3 Å². The molecule has 2 aromatic carbocycles. The molecule has 0 aliphatic rings. The first-order valence-corrected chi connectivity index (χ1v) is 6.52. The second-order valence-electron chi connectivity index (χ2n) is 4.18. The minimum atomic E-state index is -0.332. The zero-order chi connectivity index (χ0) is 13.8. The zero-order valence-electron chi connectivity index (χ0n) is 10.0. The summed E-state index contributed by atoms with van der Waals surface area (Å²) in [5.74, 6) is 5.21.